The summed E-state index contributed by atoms with van der Waals surface area (Å²) in [7, 11) is 0. The van der Waals surface area contributed by atoms with Crippen LogP contribution in [0.5, 0.6) is 0 Å². The molecule has 20 heavy (non-hydrogen) atoms. The molecule has 0 aromatic heterocycles. The van der Waals surface area contributed by atoms with Crippen LogP contribution in [-0.2, 0) is 0 Å². The fourth-order valence-electron chi connectivity index (χ4n) is 2.50. The minimum atomic E-state index is -0.445. The first kappa shape index (κ1) is 14.5. The lowest BCUT2D eigenvalue weighted by Gasteiger charge is -2.11. The lowest BCUT2D eigenvalue weighted by molar-refractivity contribution is 0.0947. The van der Waals surface area contributed by atoms with E-state index >= 15 is 0 Å². The summed E-state index contributed by atoms with van der Waals surface area (Å²) < 4.78 is 13.2. The van der Waals surface area contributed by atoms with Crippen molar-refractivity contribution < 1.29 is 14.3 Å². The topological polar surface area (TPSA) is 49.3 Å². The maximum atomic E-state index is 13.2. The first-order chi connectivity index (χ1) is 9.70. The van der Waals surface area contributed by atoms with Crippen LogP contribution in [0.1, 0.15) is 41.6 Å². The SMILES string of the molecule is O=C(NCC1CCCC1)c1ccc(F)cc1C#CCO. The zero-order valence-corrected chi connectivity index (χ0v) is 11.3. The van der Waals surface area contributed by atoms with E-state index in [4.69, 9.17) is 5.11 Å². The van der Waals surface area contributed by atoms with E-state index in [2.05, 4.69) is 17.2 Å². The summed E-state index contributed by atoms with van der Waals surface area (Å²) in [5.74, 6) is 4.92. The number of aliphatic hydroxyl groups excluding tert-OH is 1. The zero-order valence-electron chi connectivity index (χ0n) is 11.3. The average molecular weight is 275 g/mol. The summed E-state index contributed by atoms with van der Waals surface area (Å²) in [6.07, 6.45) is 4.76. The fourth-order valence-corrected chi connectivity index (χ4v) is 2.50. The molecule has 1 aromatic carbocycles. The summed E-state index contributed by atoms with van der Waals surface area (Å²) in [6.45, 7) is 0.336. The molecule has 2 N–H and O–H groups in total. The Morgan fingerprint density at radius 1 is 1.40 bits per heavy atom. The normalized spacial score (nSPS) is 14.7. The molecule has 1 saturated carbocycles. The number of rotatable bonds is 3. The van der Waals surface area contributed by atoms with Gasteiger partial charge in [0.15, 0.2) is 0 Å². The van der Waals surface area contributed by atoms with Gasteiger partial charge in [-0.05, 0) is 37.0 Å². The van der Waals surface area contributed by atoms with E-state index in [0.717, 1.165) is 12.8 Å². The van der Waals surface area contributed by atoms with Crippen LogP contribution in [0.3, 0.4) is 0 Å². The van der Waals surface area contributed by atoms with E-state index in [1.165, 1.54) is 31.0 Å². The molecule has 1 amide bonds. The standard InChI is InChI=1S/C16H18FNO2/c17-14-7-8-15(13(10-14)6-3-9-19)16(20)18-11-12-4-1-2-5-12/h7-8,10,12,19H,1-2,4-5,9,11H2,(H,18,20). The van der Waals surface area contributed by atoms with Gasteiger partial charge >= 0.3 is 0 Å². The highest BCUT2D eigenvalue weighted by atomic mass is 19.1. The van der Waals surface area contributed by atoms with Crippen LogP contribution in [0.4, 0.5) is 4.39 Å². The maximum Gasteiger partial charge on any atom is 0.252 e. The second kappa shape index (κ2) is 7.06. The summed E-state index contributed by atoms with van der Waals surface area (Å²) in [6, 6.07) is 3.89. The van der Waals surface area contributed by atoms with Gasteiger partial charge in [-0.2, -0.15) is 0 Å². The molecule has 0 saturated heterocycles. The van der Waals surface area contributed by atoms with Gasteiger partial charge in [0, 0.05) is 12.1 Å². The number of amides is 1. The molecule has 0 radical (unpaired) electrons. The number of carbonyl (C=O) groups excluding carboxylic acids is 1. The lowest BCUT2D eigenvalue weighted by Crippen LogP contribution is -2.29. The number of carbonyl (C=O) groups is 1. The molecule has 1 aromatic rings. The Balaban J connectivity index is 2.07. The second-order valence-electron chi connectivity index (χ2n) is 5.01. The molecule has 0 spiro atoms. The third-order valence-electron chi connectivity index (χ3n) is 3.55. The van der Waals surface area contributed by atoms with Gasteiger partial charge in [-0.3, -0.25) is 4.79 Å². The second-order valence-corrected chi connectivity index (χ2v) is 5.01. The Morgan fingerprint density at radius 2 is 2.15 bits per heavy atom. The summed E-state index contributed by atoms with van der Waals surface area (Å²) in [4.78, 5) is 12.1. The Hall–Kier alpha value is -1.86. The number of benzene rings is 1. The van der Waals surface area contributed by atoms with Crippen molar-refractivity contribution in [3.8, 4) is 11.8 Å². The molecule has 1 aliphatic rings. The molecule has 0 atom stereocenters. The highest BCUT2D eigenvalue weighted by molar-refractivity contribution is 5.96. The van der Waals surface area contributed by atoms with Crippen molar-refractivity contribution in [2.24, 2.45) is 5.92 Å². The predicted octanol–water partition coefficient (Wildman–Crippen LogP) is 2.09. The van der Waals surface area contributed by atoms with Crippen molar-refractivity contribution >= 4 is 5.91 Å². The van der Waals surface area contributed by atoms with Crippen molar-refractivity contribution in [2.75, 3.05) is 13.2 Å². The van der Waals surface area contributed by atoms with Crippen molar-refractivity contribution in [2.45, 2.75) is 25.7 Å². The van der Waals surface area contributed by atoms with Gasteiger partial charge in [0.05, 0.1) is 5.56 Å². The molecule has 0 aliphatic heterocycles. The van der Waals surface area contributed by atoms with E-state index < -0.39 is 5.82 Å². The van der Waals surface area contributed by atoms with Crippen LogP contribution in [0.15, 0.2) is 18.2 Å². The van der Waals surface area contributed by atoms with Gasteiger partial charge in [-0.15, -0.1) is 0 Å². The van der Waals surface area contributed by atoms with Crippen molar-refractivity contribution in [3.05, 3.63) is 35.1 Å². The summed E-state index contributed by atoms with van der Waals surface area (Å²) >= 11 is 0. The van der Waals surface area contributed by atoms with Gasteiger partial charge in [0.25, 0.3) is 5.91 Å². The first-order valence-corrected chi connectivity index (χ1v) is 6.88. The zero-order chi connectivity index (χ0) is 14.4. The van der Waals surface area contributed by atoms with E-state index in [-0.39, 0.29) is 12.5 Å². The van der Waals surface area contributed by atoms with E-state index in [9.17, 15) is 9.18 Å². The smallest absolute Gasteiger partial charge is 0.252 e. The molecule has 0 heterocycles. The molecule has 106 valence electrons. The van der Waals surface area contributed by atoms with Crippen molar-refractivity contribution in [1.82, 2.24) is 5.32 Å². The highest BCUT2D eigenvalue weighted by Crippen LogP contribution is 2.23. The van der Waals surface area contributed by atoms with E-state index in [1.807, 2.05) is 0 Å². The van der Waals surface area contributed by atoms with Crippen LogP contribution < -0.4 is 5.32 Å². The third kappa shape index (κ3) is 3.82. The van der Waals surface area contributed by atoms with Crippen LogP contribution in [0, 0.1) is 23.6 Å². The molecule has 1 aliphatic carbocycles. The number of hydrogen-bond donors (Lipinski definition) is 2. The number of aliphatic hydroxyl groups is 1. The molecule has 0 bridgehead atoms. The fraction of sp³-hybridized carbons (Fsp3) is 0.438. The largest absolute Gasteiger partial charge is 0.384 e. The Bertz CT molecular complexity index is 539. The van der Waals surface area contributed by atoms with E-state index in [0.29, 0.717) is 23.6 Å². The quantitative estimate of drug-likeness (QED) is 0.830. The van der Waals surface area contributed by atoms with Crippen LogP contribution in [-0.4, -0.2) is 24.2 Å². The van der Waals surface area contributed by atoms with Crippen molar-refractivity contribution in [1.29, 1.82) is 0 Å². The Morgan fingerprint density at radius 3 is 2.85 bits per heavy atom. The minimum absolute atomic E-state index is 0.237. The molecule has 4 heteroatoms. The Kier molecular flexibility index (Phi) is 5.14. The van der Waals surface area contributed by atoms with Crippen molar-refractivity contribution in [3.63, 3.8) is 0 Å². The predicted molar refractivity (Wildman–Crippen MR) is 74.7 cm³/mol. The van der Waals surface area contributed by atoms with Crippen LogP contribution >= 0.6 is 0 Å². The first-order valence-electron chi connectivity index (χ1n) is 6.88. The van der Waals surface area contributed by atoms with Gasteiger partial charge in [-0.25, -0.2) is 4.39 Å². The average Bonchev–Trinajstić information content (AvgIpc) is 2.96. The van der Waals surface area contributed by atoms with Gasteiger partial charge in [0.2, 0.25) is 0 Å². The summed E-state index contributed by atoms with van der Waals surface area (Å²) in [5, 5.41) is 11.6. The number of hydrogen-bond acceptors (Lipinski definition) is 2. The van der Waals surface area contributed by atoms with Gasteiger partial charge in [-0.1, -0.05) is 24.7 Å². The third-order valence-corrected chi connectivity index (χ3v) is 3.55. The minimum Gasteiger partial charge on any atom is -0.384 e. The van der Waals surface area contributed by atoms with Crippen LogP contribution in [0.2, 0.25) is 0 Å². The monoisotopic (exact) mass is 275 g/mol. The number of nitrogens with one attached hydrogen (secondary N) is 1. The number of halogens is 1. The maximum absolute atomic E-state index is 13.2. The highest BCUT2D eigenvalue weighted by Gasteiger charge is 2.17. The molecule has 2 rings (SSSR count). The van der Waals surface area contributed by atoms with Gasteiger partial charge < -0.3 is 10.4 Å². The van der Waals surface area contributed by atoms with Gasteiger partial charge in [0.1, 0.15) is 12.4 Å². The lowest BCUT2D eigenvalue weighted by atomic mass is 10.1. The summed E-state index contributed by atoms with van der Waals surface area (Å²) in [5.41, 5.74) is 0.660. The Labute approximate surface area is 118 Å². The molecule has 0 unspecified atom stereocenters. The van der Waals surface area contributed by atoms with E-state index in [1.54, 1.807) is 0 Å². The van der Waals surface area contributed by atoms with Crippen LogP contribution in [0.25, 0.3) is 0 Å². The molecule has 1 fully saturated rings. The molecular formula is C16H18FNO2. The molecular weight excluding hydrogens is 257 g/mol. The molecule has 3 nitrogen and oxygen atoms in total.